The van der Waals surface area contributed by atoms with Crippen molar-refractivity contribution < 1.29 is 9.59 Å². The Kier molecular flexibility index (Phi) is 4.12. The Morgan fingerprint density at radius 1 is 1.24 bits per heavy atom. The molecule has 0 unspecified atom stereocenters. The van der Waals surface area contributed by atoms with Crippen LogP contribution in [0.4, 0.5) is 5.00 Å². The number of anilines is 1. The largest absolute Gasteiger partial charge is 0.365 e. The number of carbonyl (C=O) groups is 2. The molecule has 5 heteroatoms. The van der Waals surface area contributed by atoms with Gasteiger partial charge in [0, 0.05) is 10.8 Å². The minimum absolute atomic E-state index is 0.00278. The number of carbonyl (C=O) groups excluding carboxylic acids is 2. The van der Waals surface area contributed by atoms with Crippen molar-refractivity contribution in [2.24, 2.45) is 17.6 Å². The van der Waals surface area contributed by atoms with Gasteiger partial charge in [0.15, 0.2) is 0 Å². The molecule has 0 spiro atoms. The van der Waals surface area contributed by atoms with Crippen LogP contribution in [0.2, 0.25) is 0 Å². The van der Waals surface area contributed by atoms with Crippen LogP contribution in [0.5, 0.6) is 0 Å². The minimum atomic E-state index is -0.433. The molecule has 130 valence electrons. The summed E-state index contributed by atoms with van der Waals surface area (Å²) >= 11 is 1.53. The van der Waals surface area contributed by atoms with E-state index in [0.29, 0.717) is 16.5 Å². The van der Waals surface area contributed by atoms with Crippen LogP contribution in [0.1, 0.15) is 52.0 Å². The molecule has 2 amide bonds. The van der Waals surface area contributed by atoms with Crippen LogP contribution in [0.15, 0.2) is 30.3 Å². The van der Waals surface area contributed by atoms with Crippen molar-refractivity contribution in [2.75, 3.05) is 5.32 Å². The Balaban J connectivity index is 1.53. The summed E-state index contributed by atoms with van der Waals surface area (Å²) in [5.74, 6) is 0.455. The summed E-state index contributed by atoms with van der Waals surface area (Å²) in [5.41, 5.74) is 8.42. The predicted molar refractivity (Wildman–Crippen MR) is 99.9 cm³/mol. The summed E-state index contributed by atoms with van der Waals surface area (Å²) in [4.78, 5) is 25.8. The van der Waals surface area contributed by atoms with Gasteiger partial charge in [-0.2, -0.15) is 0 Å². The molecule has 0 bridgehead atoms. The van der Waals surface area contributed by atoms with Gasteiger partial charge in [-0.25, -0.2) is 0 Å². The summed E-state index contributed by atoms with van der Waals surface area (Å²) in [7, 11) is 0. The highest BCUT2D eigenvalue weighted by molar-refractivity contribution is 7.17. The molecule has 3 N–H and O–H groups in total. The van der Waals surface area contributed by atoms with E-state index >= 15 is 0 Å². The molecule has 1 saturated carbocycles. The lowest BCUT2D eigenvalue weighted by Gasteiger charge is -2.18. The van der Waals surface area contributed by atoms with Gasteiger partial charge in [-0.3, -0.25) is 9.59 Å². The molecular formula is C20H22N2O2S. The first-order valence-electron chi connectivity index (χ1n) is 8.84. The molecule has 4 rings (SSSR count). The lowest BCUT2D eigenvalue weighted by Crippen LogP contribution is -2.20. The number of thiophene rings is 1. The number of rotatable bonds is 4. The van der Waals surface area contributed by atoms with Crippen molar-refractivity contribution in [3.63, 3.8) is 0 Å². The molecule has 2 aliphatic rings. The summed E-state index contributed by atoms with van der Waals surface area (Å²) in [5, 5.41) is 3.65. The van der Waals surface area contributed by atoms with E-state index in [4.69, 9.17) is 5.73 Å². The van der Waals surface area contributed by atoms with Gasteiger partial charge < -0.3 is 11.1 Å². The van der Waals surface area contributed by atoms with Crippen molar-refractivity contribution in [3.8, 4) is 0 Å². The van der Waals surface area contributed by atoms with Gasteiger partial charge in [0.05, 0.1) is 5.56 Å². The predicted octanol–water partition coefficient (Wildman–Crippen LogP) is 3.71. The number of amides is 2. The molecule has 1 aromatic carbocycles. The number of nitrogens with two attached hydrogens (primary N) is 1. The zero-order valence-electron chi connectivity index (χ0n) is 14.2. The highest BCUT2D eigenvalue weighted by Crippen LogP contribution is 2.48. The fourth-order valence-electron chi connectivity index (χ4n) is 3.86. The van der Waals surface area contributed by atoms with E-state index in [9.17, 15) is 9.59 Å². The second kappa shape index (κ2) is 6.30. The number of hydrogen-bond donors (Lipinski definition) is 2. The lowest BCUT2D eigenvalue weighted by atomic mass is 9.88. The average Bonchev–Trinajstić information content (AvgIpc) is 3.31. The first-order chi connectivity index (χ1) is 12.0. The zero-order chi connectivity index (χ0) is 17.6. The van der Waals surface area contributed by atoms with E-state index in [2.05, 4.69) is 24.4 Å². The molecule has 2 aliphatic carbocycles. The third-order valence-corrected chi connectivity index (χ3v) is 6.52. The van der Waals surface area contributed by atoms with Gasteiger partial charge >= 0.3 is 0 Å². The van der Waals surface area contributed by atoms with Gasteiger partial charge in [-0.15, -0.1) is 11.3 Å². The number of benzene rings is 1. The van der Waals surface area contributed by atoms with Crippen molar-refractivity contribution >= 4 is 28.2 Å². The smallest absolute Gasteiger partial charge is 0.251 e. The fourth-order valence-corrected chi connectivity index (χ4v) is 5.28. The maximum Gasteiger partial charge on any atom is 0.251 e. The van der Waals surface area contributed by atoms with E-state index in [0.717, 1.165) is 31.2 Å². The second-order valence-electron chi connectivity index (χ2n) is 7.27. The number of hydrogen-bond acceptors (Lipinski definition) is 3. The Hall–Kier alpha value is -2.14. The van der Waals surface area contributed by atoms with Crippen molar-refractivity contribution in [1.82, 2.24) is 0 Å². The van der Waals surface area contributed by atoms with Crippen molar-refractivity contribution in [3.05, 3.63) is 51.9 Å². The zero-order valence-corrected chi connectivity index (χ0v) is 15.1. The lowest BCUT2D eigenvalue weighted by molar-refractivity contribution is -0.117. The van der Waals surface area contributed by atoms with E-state index in [-0.39, 0.29) is 17.7 Å². The molecule has 3 atom stereocenters. The second-order valence-corrected chi connectivity index (χ2v) is 8.37. The van der Waals surface area contributed by atoms with Gasteiger partial charge in [0.25, 0.3) is 5.91 Å². The summed E-state index contributed by atoms with van der Waals surface area (Å²) < 4.78 is 0. The highest BCUT2D eigenvalue weighted by atomic mass is 32.1. The molecule has 0 radical (unpaired) electrons. The molecule has 1 aromatic heterocycles. The Bertz CT molecular complexity index is 828. The molecule has 0 aliphatic heterocycles. The minimum Gasteiger partial charge on any atom is -0.365 e. The number of nitrogens with one attached hydrogen (secondary N) is 1. The molecular weight excluding hydrogens is 332 g/mol. The van der Waals surface area contributed by atoms with Gasteiger partial charge in [0.2, 0.25) is 5.91 Å². The van der Waals surface area contributed by atoms with E-state index in [1.165, 1.54) is 21.8 Å². The van der Waals surface area contributed by atoms with Crippen LogP contribution in [-0.2, 0) is 17.6 Å². The first-order valence-corrected chi connectivity index (χ1v) is 9.66. The Labute approximate surface area is 151 Å². The molecule has 1 heterocycles. The van der Waals surface area contributed by atoms with Gasteiger partial charge in [-0.05, 0) is 48.6 Å². The van der Waals surface area contributed by atoms with Crippen LogP contribution >= 0.6 is 11.3 Å². The van der Waals surface area contributed by atoms with E-state index in [1.807, 2.05) is 18.2 Å². The quantitative estimate of drug-likeness (QED) is 0.878. The summed E-state index contributed by atoms with van der Waals surface area (Å²) in [6.45, 7) is 2.22. The Morgan fingerprint density at radius 3 is 2.72 bits per heavy atom. The molecule has 2 aromatic rings. The van der Waals surface area contributed by atoms with Crippen LogP contribution < -0.4 is 11.1 Å². The Morgan fingerprint density at radius 2 is 2.00 bits per heavy atom. The van der Waals surface area contributed by atoms with Gasteiger partial charge in [0.1, 0.15) is 5.00 Å². The van der Waals surface area contributed by atoms with Gasteiger partial charge in [-0.1, -0.05) is 37.3 Å². The third-order valence-electron chi connectivity index (χ3n) is 5.35. The normalized spacial score (nSPS) is 24.4. The van der Waals surface area contributed by atoms with Crippen LogP contribution in [-0.4, -0.2) is 11.8 Å². The molecule has 1 fully saturated rings. The summed E-state index contributed by atoms with van der Waals surface area (Å²) in [6.07, 6.45) is 3.77. The van der Waals surface area contributed by atoms with Crippen LogP contribution in [0.25, 0.3) is 0 Å². The summed E-state index contributed by atoms with van der Waals surface area (Å²) in [6, 6.07) is 10.1. The topological polar surface area (TPSA) is 72.2 Å². The highest BCUT2D eigenvalue weighted by Gasteiger charge is 2.44. The first kappa shape index (κ1) is 16.3. The third kappa shape index (κ3) is 3.09. The SMILES string of the molecule is C[C@@H]1CCc2c(sc(NC(=O)[C@H]3C[C@@H]3c3ccccc3)c2C(N)=O)C1. The maximum absolute atomic E-state index is 12.7. The standard InChI is InChI=1S/C20H22N2O2S/c1-11-7-8-13-16(9-11)25-20(17(13)18(21)23)22-19(24)15-10-14(15)12-5-3-2-4-6-12/h2-6,11,14-15H,7-10H2,1H3,(H2,21,23)(H,22,24)/t11-,14-,15+/m1/s1. The van der Waals surface area contributed by atoms with E-state index in [1.54, 1.807) is 0 Å². The molecule has 4 nitrogen and oxygen atoms in total. The monoisotopic (exact) mass is 354 g/mol. The van der Waals surface area contributed by atoms with Crippen LogP contribution in [0, 0.1) is 11.8 Å². The molecule has 25 heavy (non-hydrogen) atoms. The fraction of sp³-hybridized carbons (Fsp3) is 0.400. The number of primary amides is 1. The van der Waals surface area contributed by atoms with Crippen LogP contribution in [0.3, 0.4) is 0 Å². The van der Waals surface area contributed by atoms with Crippen molar-refractivity contribution in [2.45, 2.75) is 38.5 Å². The number of fused-ring (bicyclic) bond motifs is 1. The molecule has 0 saturated heterocycles. The van der Waals surface area contributed by atoms with Crippen molar-refractivity contribution in [1.29, 1.82) is 0 Å². The van der Waals surface area contributed by atoms with E-state index < -0.39 is 5.91 Å². The average molecular weight is 354 g/mol. The maximum atomic E-state index is 12.7.